The summed E-state index contributed by atoms with van der Waals surface area (Å²) in [6, 6.07) is 14.2. The molecular formula is C15H18O2. The number of ether oxygens (including phenoxy) is 1. The lowest BCUT2D eigenvalue weighted by atomic mass is 10.1. The maximum absolute atomic E-state index is 9.81. The van der Waals surface area contributed by atoms with Crippen molar-refractivity contribution in [1.82, 2.24) is 0 Å². The van der Waals surface area contributed by atoms with E-state index >= 15 is 0 Å². The minimum absolute atomic E-state index is 0.255. The van der Waals surface area contributed by atoms with Crippen LogP contribution >= 0.6 is 0 Å². The topological polar surface area (TPSA) is 26.3 Å². The van der Waals surface area contributed by atoms with E-state index < -0.39 is 0 Å². The Morgan fingerprint density at radius 2 is 1.71 bits per heavy atom. The summed E-state index contributed by atoms with van der Waals surface area (Å²) < 4.78 is 5.23. The highest BCUT2D eigenvalue weighted by Gasteiger charge is 1.97. The number of methoxy groups -OCH3 is 1. The molecule has 2 heteroatoms. The molecule has 2 aromatic carbocycles. The summed E-state index contributed by atoms with van der Waals surface area (Å²) in [6.45, 7) is 3.43. The van der Waals surface area contributed by atoms with Crippen LogP contribution in [0.25, 0.3) is 10.8 Å². The van der Waals surface area contributed by atoms with Gasteiger partial charge < -0.3 is 9.53 Å². The van der Waals surface area contributed by atoms with Crippen LogP contribution in [0.4, 0.5) is 0 Å². The molecule has 0 aliphatic carbocycles. The molecule has 0 radical (unpaired) electrons. The average molecular weight is 230 g/mol. The van der Waals surface area contributed by atoms with Gasteiger partial charge in [-0.05, 0) is 18.4 Å². The fourth-order valence-corrected chi connectivity index (χ4v) is 1.37. The second kappa shape index (κ2) is 6.69. The van der Waals surface area contributed by atoms with Gasteiger partial charge in [0.2, 0.25) is 0 Å². The molecule has 0 bridgehead atoms. The average Bonchev–Trinajstić information content (AvgIpc) is 2.38. The Bertz CT molecular complexity index is 484. The summed E-state index contributed by atoms with van der Waals surface area (Å²) in [5, 5.41) is 2.39. The highest BCUT2D eigenvalue weighted by atomic mass is 16.5. The van der Waals surface area contributed by atoms with Gasteiger partial charge in [0, 0.05) is 11.8 Å². The Labute approximate surface area is 102 Å². The zero-order chi connectivity index (χ0) is 12.7. The number of carbonyl (C=O) groups excluding carboxylic acids is 1. The van der Waals surface area contributed by atoms with Gasteiger partial charge in [-0.25, -0.2) is 0 Å². The molecule has 0 saturated heterocycles. The van der Waals surface area contributed by atoms with Gasteiger partial charge in [0.25, 0.3) is 0 Å². The Morgan fingerprint density at radius 3 is 2.29 bits per heavy atom. The highest BCUT2D eigenvalue weighted by Crippen LogP contribution is 2.24. The lowest BCUT2D eigenvalue weighted by Gasteiger charge is -2.03. The summed E-state index contributed by atoms with van der Waals surface area (Å²) in [7, 11) is 1.70. The second-order valence-corrected chi connectivity index (χ2v) is 3.74. The Morgan fingerprint density at radius 1 is 1.12 bits per heavy atom. The molecule has 0 aromatic heterocycles. The number of hydrogen-bond donors (Lipinski definition) is 0. The van der Waals surface area contributed by atoms with Crippen LogP contribution in [-0.2, 0) is 4.79 Å². The number of carbonyl (C=O) groups is 1. The van der Waals surface area contributed by atoms with Gasteiger partial charge in [0.05, 0.1) is 7.11 Å². The number of hydrogen-bond acceptors (Lipinski definition) is 2. The van der Waals surface area contributed by atoms with Crippen molar-refractivity contribution in [2.45, 2.75) is 20.3 Å². The normalized spacial score (nSPS) is 9.35. The molecule has 0 N–H and O–H groups in total. The third-order valence-electron chi connectivity index (χ3n) is 2.47. The number of ketones is 1. The van der Waals surface area contributed by atoms with E-state index in [9.17, 15) is 4.79 Å². The summed E-state index contributed by atoms with van der Waals surface area (Å²) in [4.78, 5) is 9.81. The van der Waals surface area contributed by atoms with Crippen LogP contribution in [0.1, 0.15) is 20.3 Å². The largest absolute Gasteiger partial charge is 0.496 e. The maximum Gasteiger partial charge on any atom is 0.129 e. The van der Waals surface area contributed by atoms with Gasteiger partial charge in [-0.15, -0.1) is 0 Å². The van der Waals surface area contributed by atoms with E-state index in [1.54, 1.807) is 14.0 Å². The molecule has 0 atom stereocenters. The molecule has 0 unspecified atom stereocenters. The van der Waals surface area contributed by atoms with Crippen LogP contribution in [0.5, 0.6) is 5.75 Å². The van der Waals surface area contributed by atoms with E-state index in [1.165, 1.54) is 10.8 Å². The lowest BCUT2D eigenvalue weighted by molar-refractivity contribution is -0.116. The van der Waals surface area contributed by atoms with E-state index in [2.05, 4.69) is 18.2 Å². The molecule has 2 aromatic rings. The van der Waals surface area contributed by atoms with Gasteiger partial charge in [-0.2, -0.15) is 0 Å². The highest BCUT2D eigenvalue weighted by molar-refractivity contribution is 5.88. The van der Waals surface area contributed by atoms with Crippen LogP contribution < -0.4 is 4.74 Å². The quantitative estimate of drug-likeness (QED) is 0.783. The van der Waals surface area contributed by atoms with Crippen molar-refractivity contribution in [3.63, 3.8) is 0 Å². The standard InChI is InChI=1S/C11H10O.C4H8O/c1-12-11-8-4-6-9-5-2-3-7-10(9)11;1-3-4(2)5/h2-8H,1H3;3H2,1-2H3. The van der Waals surface area contributed by atoms with Crippen molar-refractivity contribution in [1.29, 1.82) is 0 Å². The molecular weight excluding hydrogens is 212 g/mol. The van der Waals surface area contributed by atoms with Crippen LogP contribution in [0.2, 0.25) is 0 Å². The first-order chi connectivity index (χ1) is 8.19. The molecule has 17 heavy (non-hydrogen) atoms. The summed E-state index contributed by atoms with van der Waals surface area (Å²) in [6.07, 6.45) is 0.667. The Kier molecular flexibility index (Phi) is 5.21. The van der Waals surface area contributed by atoms with Gasteiger partial charge in [0.15, 0.2) is 0 Å². The molecule has 0 fully saturated rings. The van der Waals surface area contributed by atoms with E-state index in [0.717, 1.165) is 5.75 Å². The SMILES string of the molecule is CCC(C)=O.COc1cccc2ccccc12. The van der Waals surface area contributed by atoms with E-state index in [-0.39, 0.29) is 5.78 Å². The monoisotopic (exact) mass is 230 g/mol. The molecule has 0 amide bonds. The Balaban J connectivity index is 0.000000249. The molecule has 90 valence electrons. The molecule has 0 aliphatic rings. The third-order valence-corrected chi connectivity index (χ3v) is 2.47. The predicted molar refractivity (Wildman–Crippen MR) is 71.5 cm³/mol. The minimum atomic E-state index is 0.255. The van der Waals surface area contributed by atoms with Crippen molar-refractivity contribution in [3.8, 4) is 5.75 Å². The Hall–Kier alpha value is -1.83. The summed E-state index contributed by atoms with van der Waals surface area (Å²) in [5.74, 6) is 1.19. The fraction of sp³-hybridized carbons (Fsp3) is 0.267. The van der Waals surface area contributed by atoms with Gasteiger partial charge in [-0.3, -0.25) is 0 Å². The lowest BCUT2D eigenvalue weighted by Crippen LogP contribution is -1.83. The number of benzene rings is 2. The number of rotatable bonds is 2. The molecule has 0 heterocycles. The first kappa shape index (κ1) is 13.2. The van der Waals surface area contributed by atoms with E-state index in [4.69, 9.17) is 4.74 Å². The molecule has 0 spiro atoms. The van der Waals surface area contributed by atoms with Gasteiger partial charge in [-0.1, -0.05) is 43.3 Å². The molecule has 2 rings (SSSR count). The molecule has 2 nitrogen and oxygen atoms in total. The van der Waals surface area contributed by atoms with Crippen LogP contribution in [0, 0.1) is 0 Å². The first-order valence-electron chi connectivity index (χ1n) is 5.70. The second-order valence-electron chi connectivity index (χ2n) is 3.74. The summed E-state index contributed by atoms with van der Waals surface area (Å²) >= 11 is 0. The van der Waals surface area contributed by atoms with Crippen molar-refractivity contribution in [3.05, 3.63) is 42.5 Å². The smallest absolute Gasteiger partial charge is 0.129 e. The fourth-order valence-electron chi connectivity index (χ4n) is 1.37. The van der Waals surface area contributed by atoms with Crippen molar-refractivity contribution < 1.29 is 9.53 Å². The van der Waals surface area contributed by atoms with Gasteiger partial charge in [0.1, 0.15) is 11.5 Å². The van der Waals surface area contributed by atoms with Crippen molar-refractivity contribution in [2.24, 2.45) is 0 Å². The number of fused-ring (bicyclic) bond motifs is 1. The van der Waals surface area contributed by atoms with Gasteiger partial charge >= 0.3 is 0 Å². The zero-order valence-corrected chi connectivity index (χ0v) is 10.6. The third kappa shape index (κ3) is 3.91. The van der Waals surface area contributed by atoms with Crippen molar-refractivity contribution in [2.75, 3.05) is 7.11 Å². The van der Waals surface area contributed by atoms with Crippen LogP contribution in [0.3, 0.4) is 0 Å². The minimum Gasteiger partial charge on any atom is -0.496 e. The molecule has 0 saturated carbocycles. The maximum atomic E-state index is 9.81. The number of Topliss-reactive ketones (excluding diaryl/α,β-unsaturated/α-hetero) is 1. The van der Waals surface area contributed by atoms with Crippen LogP contribution in [0.15, 0.2) is 42.5 Å². The molecule has 0 aliphatic heterocycles. The van der Waals surface area contributed by atoms with E-state index in [1.807, 2.05) is 31.2 Å². The van der Waals surface area contributed by atoms with Crippen molar-refractivity contribution >= 4 is 16.6 Å². The van der Waals surface area contributed by atoms with E-state index in [0.29, 0.717) is 6.42 Å². The zero-order valence-electron chi connectivity index (χ0n) is 10.6. The predicted octanol–water partition coefficient (Wildman–Crippen LogP) is 3.83. The first-order valence-corrected chi connectivity index (χ1v) is 5.70. The van der Waals surface area contributed by atoms with Crippen LogP contribution in [-0.4, -0.2) is 12.9 Å². The summed E-state index contributed by atoms with van der Waals surface area (Å²) in [5.41, 5.74) is 0.